The highest BCUT2D eigenvalue weighted by Crippen LogP contribution is 2.11. The number of nitrogens with one attached hydrogen (secondary N) is 2. The van der Waals surface area contributed by atoms with Gasteiger partial charge in [0, 0.05) is 18.0 Å². The molecule has 84 valence electrons. The number of hydrogen-bond donors (Lipinski definition) is 2. The maximum absolute atomic E-state index is 11.7. The molecular formula is C11H24N2O. The summed E-state index contributed by atoms with van der Waals surface area (Å²) in [7, 11) is 1.86. The van der Waals surface area contributed by atoms with Crippen molar-refractivity contribution in [3.63, 3.8) is 0 Å². The summed E-state index contributed by atoms with van der Waals surface area (Å²) in [5.74, 6) is 0.175. The Hall–Kier alpha value is -0.570. The standard InChI is InChI=1S/C11H24N2O/c1-6-7-11(3,4)13-10(14)9(2)8-12-5/h9,12H,6-8H2,1-5H3,(H,13,14). The summed E-state index contributed by atoms with van der Waals surface area (Å²) in [6.07, 6.45) is 2.11. The Morgan fingerprint density at radius 1 is 1.43 bits per heavy atom. The molecule has 0 heterocycles. The zero-order chi connectivity index (χ0) is 11.2. The lowest BCUT2D eigenvalue weighted by molar-refractivity contribution is -0.126. The molecule has 2 N–H and O–H groups in total. The third-order valence-electron chi connectivity index (χ3n) is 2.29. The molecule has 0 rings (SSSR count). The van der Waals surface area contributed by atoms with E-state index in [-0.39, 0.29) is 17.4 Å². The van der Waals surface area contributed by atoms with Crippen molar-refractivity contribution in [2.45, 2.75) is 46.1 Å². The number of amides is 1. The quantitative estimate of drug-likeness (QED) is 0.683. The number of rotatable bonds is 6. The van der Waals surface area contributed by atoms with E-state index in [1.807, 2.05) is 14.0 Å². The van der Waals surface area contributed by atoms with E-state index in [2.05, 4.69) is 31.4 Å². The summed E-state index contributed by atoms with van der Waals surface area (Å²) in [6.45, 7) is 8.94. The fraction of sp³-hybridized carbons (Fsp3) is 0.909. The summed E-state index contributed by atoms with van der Waals surface area (Å²) in [4.78, 5) is 11.7. The first kappa shape index (κ1) is 13.4. The van der Waals surface area contributed by atoms with Crippen LogP contribution in [0.4, 0.5) is 0 Å². The highest BCUT2D eigenvalue weighted by atomic mass is 16.2. The Morgan fingerprint density at radius 3 is 2.43 bits per heavy atom. The number of carbonyl (C=O) groups excluding carboxylic acids is 1. The summed E-state index contributed by atoms with van der Waals surface area (Å²) in [6, 6.07) is 0. The predicted octanol–water partition coefficient (Wildman–Crippen LogP) is 1.54. The summed E-state index contributed by atoms with van der Waals surface area (Å²) in [5, 5.41) is 6.07. The minimum absolute atomic E-state index is 0.0381. The van der Waals surface area contributed by atoms with Gasteiger partial charge in [-0.2, -0.15) is 0 Å². The van der Waals surface area contributed by atoms with E-state index in [1.165, 1.54) is 0 Å². The van der Waals surface area contributed by atoms with Crippen LogP contribution < -0.4 is 10.6 Å². The van der Waals surface area contributed by atoms with Crippen molar-refractivity contribution in [3.8, 4) is 0 Å². The van der Waals surface area contributed by atoms with Gasteiger partial charge in [-0.25, -0.2) is 0 Å². The molecule has 0 aromatic rings. The lowest BCUT2D eigenvalue weighted by atomic mass is 9.97. The fourth-order valence-electron chi connectivity index (χ4n) is 1.54. The largest absolute Gasteiger partial charge is 0.351 e. The molecule has 0 spiro atoms. The van der Waals surface area contributed by atoms with Gasteiger partial charge in [-0.15, -0.1) is 0 Å². The fourth-order valence-corrected chi connectivity index (χ4v) is 1.54. The molecule has 14 heavy (non-hydrogen) atoms. The molecule has 0 aromatic heterocycles. The van der Waals surface area contributed by atoms with Crippen LogP contribution in [0.2, 0.25) is 0 Å². The van der Waals surface area contributed by atoms with Crippen molar-refractivity contribution in [2.24, 2.45) is 5.92 Å². The lowest BCUT2D eigenvalue weighted by Gasteiger charge is -2.27. The van der Waals surface area contributed by atoms with Crippen molar-refractivity contribution in [1.29, 1.82) is 0 Å². The second-order valence-electron chi connectivity index (χ2n) is 4.58. The van der Waals surface area contributed by atoms with Gasteiger partial charge in [0.15, 0.2) is 0 Å². The van der Waals surface area contributed by atoms with Crippen molar-refractivity contribution >= 4 is 5.91 Å². The Labute approximate surface area is 87.6 Å². The Bertz CT molecular complexity index is 178. The van der Waals surface area contributed by atoms with E-state index >= 15 is 0 Å². The highest BCUT2D eigenvalue weighted by molar-refractivity contribution is 5.79. The van der Waals surface area contributed by atoms with Gasteiger partial charge in [0.1, 0.15) is 0 Å². The first-order valence-electron chi connectivity index (χ1n) is 5.39. The Kier molecular flexibility index (Phi) is 5.77. The predicted molar refractivity (Wildman–Crippen MR) is 60.2 cm³/mol. The van der Waals surface area contributed by atoms with Gasteiger partial charge in [-0.1, -0.05) is 20.3 Å². The van der Waals surface area contributed by atoms with Crippen LogP contribution in [0.15, 0.2) is 0 Å². The van der Waals surface area contributed by atoms with Crippen LogP contribution in [0.5, 0.6) is 0 Å². The average Bonchev–Trinajstić information content (AvgIpc) is 2.03. The van der Waals surface area contributed by atoms with Gasteiger partial charge < -0.3 is 10.6 Å². The zero-order valence-electron chi connectivity index (χ0n) is 10.1. The summed E-state index contributed by atoms with van der Waals surface area (Å²) < 4.78 is 0. The molecule has 0 aliphatic heterocycles. The van der Waals surface area contributed by atoms with E-state index in [9.17, 15) is 4.79 Å². The van der Waals surface area contributed by atoms with Crippen LogP contribution in [0.25, 0.3) is 0 Å². The molecule has 0 radical (unpaired) electrons. The third kappa shape index (κ3) is 5.22. The Morgan fingerprint density at radius 2 is 2.00 bits per heavy atom. The van der Waals surface area contributed by atoms with E-state index in [4.69, 9.17) is 0 Å². The van der Waals surface area contributed by atoms with Crippen LogP contribution >= 0.6 is 0 Å². The topological polar surface area (TPSA) is 41.1 Å². The van der Waals surface area contributed by atoms with Crippen LogP contribution in [0.3, 0.4) is 0 Å². The van der Waals surface area contributed by atoms with E-state index in [0.717, 1.165) is 19.4 Å². The molecule has 0 aliphatic carbocycles. The van der Waals surface area contributed by atoms with E-state index < -0.39 is 0 Å². The van der Waals surface area contributed by atoms with Gasteiger partial charge in [-0.3, -0.25) is 4.79 Å². The molecule has 1 atom stereocenters. The number of carbonyl (C=O) groups is 1. The highest BCUT2D eigenvalue weighted by Gasteiger charge is 2.21. The van der Waals surface area contributed by atoms with Gasteiger partial charge >= 0.3 is 0 Å². The molecule has 3 heteroatoms. The molecule has 0 bridgehead atoms. The molecule has 3 nitrogen and oxygen atoms in total. The van der Waals surface area contributed by atoms with Gasteiger partial charge in [0.25, 0.3) is 0 Å². The van der Waals surface area contributed by atoms with Crippen LogP contribution in [0.1, 0.15) is 40.5 Å². The minimum Gasteiger partial charge on any atom is -0.351 e. The monoisotopic (exact) mass is 200 g/mol. The summed E-state index contributed by atoms with van der Waals surface area (Å²) >= 11 is 0. The molecular weight excluding hydrogens is 176 g/mol. The van der Waals surface area contributed by atoms with E-state index in [1.54, 1.807) is 0 Å². The van der Waals surface area contributed by atoms with Gasteiger partial charge in [0.2, 0.25) is 5.91 Å². The maximum Gasteiger partial charge on any atom is 0.224 e. The van der Waals surface area contributed by atoms with Gasteiger partial charge in [-0.05, 0) is 27.3 Å². The molecule has 0 aliphatic rings. The van der Waals surface area contributed by atoms with Crippen molar-refractivity contribution in [3.05, 3.63) is 0 Å². The van der Waals surface area contributed by atoms with Crippen LogP contribution in [0, 0.1) is 5.92 Å². The summed E-state index contributed by atoms with van der Waals surface area (Å²) in [5.41, 5.74) is -0.0756. The first-order chi connectivity index (χ1) is 6.43. The number of hydrogen-bond acceptors (Lipinski definition) is 2. The van der Waals surface area contributed by atoms with Gasteiger partial charge in [0.05, 0.1) is 0 Å². The molecule has 0 fully saturated rings. The van der Waals surface area contributed by atoms with Crippen molar-refractivity contribution in [2.75, 3.05) is 13.6 Å². The molecule has 0 aromatic carbocycles. The molecule has 1 amide bonds. The third-order valence-corrected chi connectivity index (χ3v) is 2.29. The zero-order valence-corrected chi connectivity index (χ0v) is 10.1. The molecule has 0 saturated carbocycles. The first-order valence-corrected chi connectivity index (χ1v) is 5.39. The van der Waals surface area contributed by atoms with Crippen molar-refractivity contribution in [1.82, 2.24) is 10.6 Å². The second kappa shape index (κ2) is 6.02. The molecule has 0 saturated heterocycles. The molecule has 1 unspecified atom stereocenters. The van der Waals surface area contributed by atoms with Crippen LogP contribution in [-0.2, 0) is 4.79 Å². The minimum atomic E-state index is -0.0756. The second-order valence-corrected chi connectivity index (χ2v) is 4.58. The Balaban J connectivity index is 4.03. The maximum atomic E-state index is 11.7. The van der Waals surface area contributed by atoms with E-state index in [0.29, 0.717) is 0 Å². The van der Waals surface area contributed by atoms with Crippen LogP contribution in [-0.4, -0.2) is 25.0 Å². The SMILES string of the molecule is CCCC(C)(C)NC(=O)C(C)CNC. The smallest absolute Gasteiger partial charge is 0.224 e. The normalized spacial score (nSPS) is 13.8. The average molecular weight is 200 g/mol. The van der Waals surface area contributed by atoms with Crippen molar-refractivity contribution < 1.29 is 4.79 Å². The lowest BCUT2D eigenvalue weighted by Crippen LogP contribution is -2.47.